The van der Waals surface area contributed by atoms with Gasteiger partial charge in [0.2, 0.25) is 0 Å². The van der Waals surface area contributed by atoms with Crippen LogP contribution in [0.15, 0.2) is 54.7 Å². The minimum Gasteiger partial charge on any atom is -0.479 e. The van der Waals surface area contributed by atoms with E-state index in [0.29, 0.717) is 22.7 Å². The van der Waals surface area contributed by atoms with Gasteiger partial charge in [-0.25, -0.2) is 4.68 Å². The molecule has 0 unspecified atom stereocenters. The summed E-state index contributed by atoms with van der Waals surface area (Å²) in [6.45, 7) is 3.53. The van der Waals surface area contributed by atoms with Crippen LogP contribution >= 0.6 is 0 Å². The Morgan fingerprint density at radius 1 is 1.22 bits per heavy atom. The summed E-state index contributed by atoms with van der Waals surface area (Å²) in [7, 11) is 0. The first-order valence-corrected chi connectivity index (χ1v) is 8.56. The van der Waals surface area contributed by atoms with Crippen LogP contribution in [0.4, 0.5) is 11.4 Å². The first-order chi connectivity index (χ1) is 13.0. The van der Waals surface area contributed by atoms with Crippen molar-refractivity contribution in [2.75, 3.05) is 10.6 Å². The number of anilines is 2. The number of fused-ring (bicyclic) bond motifs is 1. The van der Waals surface area contributed by atoms with Gasteiger partial charge in [0.05, 0.1) is 28.8 Å². The second-order valence-corrected chi connectivity index (χ2v) is 6.31. The molecule has 2 N–H and O–H groups in total. The van der Waals surface area contributed by atoms with Crippen LogP contribution in [0.25, 0.3) is 5.69 Å². The highest BCUT2D eigenvalue weighted by atomic mass is 16.5. The number of aromatic nitrogens is 2. The number of nitrogens with one attached hydrogen (secondary N) is 2. The number of carbonyl (C=O) groups excluding carboxylic acids is 2. The van der Waals surface area contributed by atoms with Crippen LogP contribution in [0, 0.1) is 6.92 Å². The molecule has 1 aromatic heterocycles. The van der Waals surface area contributed by atoms with Crippen molar-refractivity contribution < 1.29 is 14.3 Å². The lowest BCUT2D eigenvalue weighted by Crippen LogP contribution is -2.34. The van der Waals surface area contributed by atoms with E-state index in [2.05, 4.69) is 15.7 Å². The molecule has 1 aliphatic rings. The molecule has 0 fully saturated rings. The lowest BCUT2D eigenvalue weighted by atomic mass is 10.2. The van der Waals surface area contributed by atoms with E-state index in [1.165, 1.54) is 0 Å². The smallest absolute Gasteiger partial charge is 0.265 e. The van der Waals surface area contributed by atoms with Crippen molar-refractivity contribution in [3.63, 3.8) is 0 Å². The number of hydrogen-bond donors (Lipinski definition) is 2. The topological polar surface area (TPSA) is 85.2 Å². The van der Waals surface area contributed by atoms with Crippen LogP contribution in [-0.4, -0.2) is 27.7 Å². The first-order valence-electron chi connectivity index (χ1n) is 8.56. The van der Waals surface area contributed by atoms with Gasteiger partial charge < -0.3 is 15.4 Å². The van der Waals surface area contributed by atoms with Crippen LogP contribution in [0.3, 0.4) is 0 Å². The van der Waals surface area contributed by atoms with Gasteiger partial charge in [-0.1, -0.05) is 18.2 Å². The number of amides is 2. The summed E-state index contributed by atoms with van der Waals surface area (Å²) >= 11 is 0. The molecule has 0 saturated heterocycles. The molecule has 2 amide bonds. The lowest BCUT2D eigenvalue weighted by molar-refractivity contribution is -0.122. The quantitative estimate of drug-likeness (QED) is 0.749. The molecule has 1 aliphatic heterocycles. The molecule has 0 bridgehead atoms. The summed E-state index contributed by atoms with van der Waals surface area (Å²) < 4.78 is 7.24. The maximum absolute atomic E-state index is 12.7. The van der Waals surface area contributed by atoms with Gasteiger partial charge in [0, 0.05) is 5.69 Å². The van der Waals surface area contributed by atoms with Crippen LogP contribution in [0.1, 0.15) is 23.0 Å². The molecule has 7 heteroatoms. The highest BCUT2D eigenvalue weighted by Crippen LogP contribution is 2.32. The summed E-state index contributed by atoms with van der Waals surface area (Å²) in [6.07, 6.45) is 1.01. The SMILES string of the molecule is Cc1c(C(=O)Nc2ccc3c(c2)NC(=O)[C@@H](C)O3)cnn1-c1ccccc1. The molecule has 0 aliphatic carbocycles. The molecule has 27 heavy (non-hydrogen) atoms. The number of nitrogens with zero attached hydrogens (tertiary/aromatic N) is 2. The van der Waals surface area contributed by atoms with Crippen LogP contribution in [-0.2, 0) is 4.79 Å². The van der Waals surface area contributed by atoms with E-state index in [9.17, 15) is 9.59 Å². The summed E-state index contributed by atoms with van der Waals surface area (Å²) in [5.74, 6) is 0.0881. The fourth-order valence-corrected chi connectivity index (χ4v) is 2.95. The summed E-state index contributed by atoms with van der Waals surface area (Å²) in [5.41, 5.74) is 3.20. The molecule has 0 saturated carbocycles. The Kier molecular flexibility index (Phi) is 4.12. The van der Waals surface area contributed by atoms with Gasteiger partial charge in [0.1, 0.15) is 5.75 Å². The number of ether oxygens (including phenoxy) is 1. The standard InChI is InChI=1S/C20H18N4O3/c1-12-16(11-21-24(12)15-6-4-3-5-7-15)20(26)22-14-8-9-18-17(10-14)23-19(25)13(2)27-18/h3-11,13H,1-2H3,(H,22,26)(H,23,25)/t13-/m1/s1. The highest BCUT2D eigenvalue weighted by Gasteiger charge is 2.24. The van der Waals surface area contributed by atoms with Gasteiger partial charge in [-0.15, -0.1) is 0 Å². The molecule has 0 spiro atoms. The minimum atomic E-state index is -0.538. The monoisotopic (exact) mass is 362 g/mol. The van der Waals surface area contributed by atoms with E-state index in [0.717, 1.165) is 11.4 Å². The Morgan fingerprint density at radius 3 is 2.78 bits per heavy atom. The van der Waals surface area contributed by atoms with E-state index < -0.39 is 6.10 Å². The van der Waals surface area contributed by atoms with Crippen molar-refractivity contribution in [1.82, 2.24) is 9.78 Å². The minimum absolute atomic E-state index is 0.217. The fourth-order valence-electron chi connectivity index (χ4n) is 2.95. The van der Waals surface area contributed by atoms with Crippen molar-refractivity contribution in [2.45, 2.75) is 20.0 Å². The zero-order valence-corrected chi connectivity index (χ0v) is 14.9. The van der Waals surface area contributed by atoms with Crippen molar-refractivity contribution in [2.24, 2.45) is 0 Å². The number of para-hydroxylation sites is 1. The Balaban J connectivity index is 1.56. The summed E-state index contributed by atoms with van der Waals surface area (Å²) in [5, 5.41) is 9.93. The molecular weight excluding hydrogens is 344 g/mol. The maximum atomic E-state index is 12.7. The number of carbonyl (C=O) groups is 2. The summed E-state index contributed by atoms with van der Waals surface area (Å²) in [4.78, 5) is 24.4. The third kappa shape index (κ3) is 3.15. The second-order valence-electron chi connectivity index (χ2n) is 6.31. The molecule has 2 heterocycles. The Labute approximate surface area is 156 Å². The van der Waals surface area contributed by atoms with Gasteiger partial charge in [0.15, 0.2) is 6.10 Å². The van der Waals surface area contributed by atoms with Crippen molar-refractivity contribution in [1.29, 1.82) is 0 Å². The largest absolute Gasteiger partial charge is 0.479 e. The average Bonchev–Trinajstić information content (AvgIpc) is 3.05. The first kappa shape index (κ1) is 16.8. The predicted molar refractivity (Wildman–Crippen MR) is 101 cm³/mol. The average molecular weight is 362 g/mol. The molecule has 2 aromatic carbocycles. The van der Waals surface area contributed by atoms with E-state index in [1.54, 1.807) is 36.0 Å². The van der Waals surface area contributed by atoms with E-state index in [-0.39, 0.29) is 11.8 Å². The summed E-state index contributed by atoms with van der Waals surface area (Å²) in [6, 6.07) is 14.7. The number of benzene rings is 2. The van der Waals surface area contributed by atoms with Crippen molar-refractivity contribution in [3.8, 4) is 11.4 Å². The fraction of sp³-hybridized carbons (Fsp3) is 0.150. The van der Waals surface area contributed by atoms with Crippen LogP contribution in [0.5, 0.6) is 5.75 Å². The lowest BCUT2D eigenvalue weighted by Gasteiger charge is -2.23. The second kappa shape index (κ2) is 6.60. The Morgan fingerprint density at radius 2 is 2.00 bits per heavy atom. The molecule has 7 nitrogen and oxygen atoms in total. The molecule has 136 valence electrons. The molecule has 0 radical (unpaired) electrons. The third-order valence-electron chi connectivity index (χ3n) is 4.42. The van der Waals surface area contributed by atoms with Crippen molar-refractivity contribution in [3.05, 3.63) is 66.0 Å². The zero-order chi connectivity index (χ0) is 19.0. The molecule has 3 aromatic rings. The molecule has 4 rings (SSSR count). The maximum Gasteiger partial charge on any atom is 0.265 e. The van der Waals surface area contributed by atoms with E-state index in [4.69, 9.17) is 4.74 Å². The van der Waals surface area contributed by atoms with Gasteiger partial charge in [-0.2, -0.15) is 5.10 Å². The Hall–Kier alpha value is -3.61. The normalized spacial score (nSPS) is 15.5. The zero-order valence-electron chi connectivity index (χ0n) is 14.9. The van der Waals surface area contributed by atoms with E-state index >= 15 is 0 Å². The van der Waals surface area contributed by atoms with Crippen LogP contribution < -0.4 is 15.4 Å². The number of hydrogen-bond acceptors (Lipinski definition) is 4. The number of rotatable bonds is 3. The van der Waals surface area contributed by atoms with Gasteiger partial charge in [-0.05, 0) is 44.2 Å². The molecular formula is C20H18N4O3. The highest BCUT2D eigenvalue weighted by molar-refractivity contribution is 6.06. The molecule has 1 atom stereocenters. The third-order valence-corrected chi connectivity index (χ3v) is 4.42. The predicted octanol–water partition coefficient (Wildman–Crippen LogP) is 3.15. The Bertz CT molecular complexity index is 1030. The van der Waals surface area contributed by atoms with Crippen LogP contribution in [0.2, 0.25) is 0 Å². The van der Waals surface area contributed by atoms with Gasteiger partial charge in [-0.3, -0.25) is 9.59 Å². The van der Waals surface area contributed by atoms with E-state index in [1.807, 2.05) is 37.3 Å². The van der Waals surface area contributed by atoms with Gasteiger partial charge >= 0.3 is 0 Å². The van der Waals surface area contributed by atoms with Crippen molar-refractivity contribution >= 4 is 23.2 Å². The van der Waals surface area contributed by atoms with Gasteiger partial charge in [0.25, 0.3) is 11.8 Å².